The Bertz CT molecular complexity index is 1080. The van der Waals surface area contributed by atoms with Crippen LogP contribution in [0, 0.1) is 5.82 Å². The number of aromatic hydroxyl groups is 1. The molecule has 2 aromatic carbocycles. The lowest BCUT2D eigenvalue weighted by Gasteiger charge is -2.32. The Kier molecular flexibility index (Phi) is 7.41. The van der Waals surface area contributed by atoms with Crippen molar-refractivity contribution >= 4 is 17.8 Å². The first-order valence-electron chi connectivity index (χ1n) is 13.1. The van der Waals surface area contributed by atoms with Gasteiger partial charge in [-0.25, -0.2) is 4.39 Å². The first kappa shape index (κ1) is 24.6. The highest BCUT2D eigenvalue weighted by atomic mass is 19.1. The number of hydrogen-bond acceptors (Lipinski definition) is 6. The van der Waals surface area contributed by atoms with Crippen LogP contribution in [0.15, 0.2) is 41.5 Å². The highest BCUT2D eigenvalue weighted by Gasteiger charge is 2.26. The molecule has 1 amide bonds. The van der Waals surface area contributed by atoms with Gasteiger partial charge in [-0.2, -0.15) is 5.10 Å². The fourth-order valence-electron chi connectivity index (χ4n) is 5.43. The predicted molar refractivity (Wildman–Crippen MR) is 140 cm³/mol. The van der Waals surface area contributed by atoms with E-state index < -0.39 is 11.6 Å². The molecule has 8 heteroatoms. The van der Waals surface area contributed by atoms with Crippen molar-refractivity contribution in [2.75, 3.05) is 64.3 Å². The lowest BCUT2D eigenvalue weighted by molar-refractivity contribution is 0.0712. The van der Waals surface area contributed by atoms with E-state index in [-0.39, 0.29) is 17.0 Å². The zero-order valence-electron chi connectivity index (χ0n) is 21.1. The normalized spacial score (nSPS) is 20.0. The minimum atomic E-state index is -0.798. The second-order valence-electron chi connectivity index (χ2n) is 10.2. The monoisotopic (exact) mass is 493 g/mol. The molecule has 0 saturated carbocycles. The fourth-order valence-corrected chi connectivity index (χ4v) is 5.43. The summed E-state index contributed by atoms with van der Waals surface area (Å²) in [6.45, 7) is 6.87. The van der Waals surface area contributed by atoms with Crippen LogP contribution in [0.2, 0.25) is 0 Å². The van der Waals surface area contributed by atoms with Gasteiger partial charge < -0.3 is 19.8 Å². The molecule has 3 heterocycles. The summed E-state index contributed by atoms with van der Waals surface area (Å²) in [5.74, 6) is -1.05. The quantitative estimate of drug-likeness (QED) is 0.643. The average Bonchev–Trinajstić information content (AvgIpc) is 3.45. The molecular weight excluding hydrogens is 457 g/mol. The van der Waals surface area contributed by atoms with Crippen LogP contribution in [-0.2, 0) is 0 Å². The molecule has 3 fully saturated rings. The number of amides is 1. The summed E-state index contributed by atoms with van der Waals surface area (Å²) in [5, 5.41) is 16.5. The number of carbonyl (C=O) groups is 1. The van der Waals surface area contributed by atoms with Crippen molar-refractivity contribution in [2.24, 2.45) is 5.10 Å². The molecule has 0 atom stereocenters. The molecule has 0 unspecified atom stereocenters. The molecule has 0 aromatic heterocycles. The minimum absolute atomic E-state index is 0.203. The van der Waals surface area contributed by atoms with E-state index in [1.807, 2.05) is 5.01 Å². The third-order valence-corrected chi connectivity index (χ3v) is 7.80. The van der Waals surface area contributed by atoms with Gasteiger partial charge in [0.05, 0.1) is 6.21 Å². The van der Waals surface area contributed by atoms with Crippen LogP contribution in [-0.4, -0.2) is 91.4 Å². The van der Waals surface area contributed by atoms with Crippen LogP contribution < -0.4 is 4.90 Å². The van der Waals surface area contributed by atoms with Crippen molar-refractivity contribution in [1.29, 1.82) is 0 Å². The summed E-state index contributed by atoms with van der Waals surface area (Å²) < 4.78 is 14.5. The van der Waals surface area contributed by atoms with Crippen molar-refractivity contribution < 1.29 is 14.3 Å². The molecule has 0 spiro atoms. The number of phenolic OH excluding ortho intramolecular Hbond substituents is 1. The van der Waals surface area contributed by atoms with Crippen LogP contribution in [0.3, 0.4) is 0 Å². The van der Waals surface area contributed by atoms with Gasteiger partial charge in [0.1, 0.15) is 0 Å². The molecule has 1 N–H and O–H groups in total. The van der Waals surface area contributed by atoms with Crippen molar-refractivity contribution in [1.82, 2.24) is 14.8 Å². The number of piperazine rings is 1. The molecule has 36 heavy (non-hydrogen) atoms. The zero-order chi connectivity index (χ0) is 25.1. The smallest absolute Gasteiger partial charge is 0.253 e. The zero-order valence-corrected chi connectivity index (χ0v) is 21.1. The number of anilines is 1. The van der Waals surface area contributed by atoms with Crippen molar-refractivity contribution in [3.05, 3.63) is 58.9 Å². The number of likely N-dealkylation sites (tertiary alicyclic amines) is 1. The van der Waals surface area contributed by atoms with Gasteiger partial charge in [-0.1, -0.05) is 12.1 Å². The summed E-state index contributed by atoms with van der Waals surface area (Å²) in [7, 11) is 2.06. The standard InChI is InChI=1S/C28H36FN5O2/c1-31-14-16-34(17-15-31)30-20-24-18-23(19-26(29)27(24)35)28(36)33-12-8-22(9-13-33)21-4-6-25(7-5-21)32-10-2-3-11-32/h4-7,18-20,22,35H,2-3,8-17H2,1H3. The molecule has 2 aromatic rings. The molecule has 3 aliphatic rings. The molecule has 0 aliphatic carbocycles. The van der Waals surface area contributed by atoms with Gasteiger partial charge in [-0.05, 0) is 68.5 Å². The number of halogens is 1. The third kappa shape index (κ3) is 5.48. The second-order valence-corrected chi connectivity index (χ2v) is 10.2. The van der Waals surface area contributed by atoms with Crippen LogP contribution in [0.25, 0.3) is 0 Å². The Morgan fingerprint density at radius 1 is 0.972 bits per heavy atom. The van der Waals surface area contributed by atoms with E-state index in [0.29, 0.717) is 19.0 Å². The van der Waals surface area contributed by atoms with Crippen LogP contribution in [0.4, 0.5) is 10.1 Å². The maximum Gasteiger partial charge on any atom is 0.253 e. The number of hydrogen-bond donors (Lipinski definition) is 1. The molecule has 3 saturated heterocycles. The Morgan fingerprint density at radius 3 is 2.31 bits per heavy atom. The Morgan fingerprint density at radius 2 is 1.64 bits per heavy atom. The molecule has 0 bridgehead atoms. The van der Waals surface area contributed by atoms with Crippen molar-refractivity contribution in [3.63, 3.8) is 0 Å². The number of hydrazone groups is 1. The van der Waals surface area contributed by atoms with E-state index in [1.165, 1.54) is 30.3 Å². The predicted octanol–water partition coefficient (Wildman–Crippen LogP) is 3.73. The van der Waals surface area contributed by atoms with Gasteiger partial charge in [0, 0.05) is 69.2 Å². The van der Waals surface area contributed by atoms with Crippen LogP contribution in [0.5, 0.6) is 5.75 Å². The van der Waals surface area contributed by atoms with Gasteiger partial charge in [0.15, 0.2) is 11.6 Å². The van der Waals surface area contributed by atoms with E-state index in [1.54, 1.807) is 11.0 Å². The molecule has 5 rings (SSSR count). The average molecular weight is 494 g/mol. The van der Waals surface area contributed by atoms with E-state index >= 15 is 0 Å². The first-order chi connectivity index (χ1) is 17.5. The molecule has 192 valence electrons. The SMILES string of the molecule is CN1CCN(N=Cc2cc(C(=O)N3CCC(c4ccc(N5CCCC5)cc4)CC3)cc(F)c2O)CC1. The molecule has 7 nitrogen and oxygen atoms in total. The van der Waals surface area contributed by atoms with Crippen molar-refractivity contribution in [2.45, 2.75) is 31.6 Å². The maximum atomic E-state index is 14.5. The second kappa shape index (κ2) is 10.9. The van der Waals surface area contributed by atoms with Gasteiger partial charge in [0.25, 0.3) is 5.91 Å². The number of nitrogens with zero attached hydrogens (tertiary/aromatic N) is 5. The first-order valence-corrected chi connectivity index (χ1v) is 13.1. The number of benzene rings is 2. The summed E-state index contributed by atoms with van der Waals surface area (Å²) in [6.07, 6.45) is 5.76. The van der Waals surface area contributed by atoms with Gasteiger partial charge in [-0.15, -0.1) is 0 Å². The number of carbonyl (C=O) groups excluding carboxylic acids is 1. The fraction of sp³-hybridized carbons (Fsp3) is 0.500. The topological polar surface area (TPSA) is 62.6 Å². The van der Waals surface area contributed by atoms with Gasteiger partial charge in [0.2, 0.25) is 0 Å². The number of likely N-dealkylation sites (N-methyl/N-ethyl adjacent to an activating group) is 1. The molecule has 0 radical (unpaired) electrons. The van der Waals surface area contributed by atoms with Gasteiger partial charge >= 0.3 is 0 Å². The number of piperidine rings is 1. The Hall–Kier alpha value is -3.13. The van der Waals surface area contributed by atoms with E-state index in [0.717, 1.165) is 58.2 Å². The Labute approximate surface area is 212 Å². The lowest BCUT2D eigenvalue weighted by Crippen LogP contribution is -2.41. The maximum absolute atomic E-state index is 14.5. The van der Waals surface area contributed by atoms with Crippen LogP contribution in [0.1, 0.15) is 53.1 Å². The molecular formula is C28H36FN5O2. The summed E-state index contributed by atoms with van der Waals surface area (Å²) in [5.41, 5.74) is 3.09. The molecule has 3 aliphatic heterocycles. The third-order valence-electron chi connectivity index (χ3n) is 7.80. The number of phenols is 1. The Balaban J connectivity index is 1.21. The summed E-state index contributed by atoms with van der Waals surface area (Å²) in [6, 6.07) is 11.6. The van der Waals surface area contributed by atoms with E-state index in [2.05, 4.69) is 46.2 Å². The van der Waals surface area contributed by atoms with Crippen LogP contribution >= 0.6 is 0 Å². The van der Waals surface area contributed by atoms with Gasteiger partial charge in [-0.3, -0.25) is 9.80 Å². The minimum Gasteiger partial charge on any atom is -0.504 e. The van der Waals surface area contributed by atoms with E-state index in [4.69, 9.17) is 0 Å². The van der Waals surface area contributed by atoms with Crippen molar-refractivity contribution in [3.8, 4) is 5.75 Å². The highest BCUT2D eigenvalue weighted by Crippen LogP contribution is 2.31. The summed E-state index contributed by atoms with van der Waals surface area (Å²) >= 11 is 0. The largest absolute Gasteiger partial charge is 0.504 e. The summed E-state index contributed by atoms with van der Waals surface area (Å²) in [4.78, 5) is 19.7. The highest BCUT2D eigenvalue weighted by molar-refractivity contribution is 5.97. The lowest BCUT2D eigenvalue weighted by atomic mass is 9.89. The number of rotatable bonds is 5. The van der Waals surface area contributed by atoms with E-state index in [9.17, 15) is 14.3 Å².